The summed E-state index contributed by atoms with van der Waals surface area (Å²) in [6.45, 7) is 9.21. The maximum absolute atomic E-state index is 12.5. The summed E-state index contributed by atoms with van der Waals surface area (Å²) >= 11 is 0. The number of likely N-dealkylation sites (tertiary alicyclic amines) is 1. The first-order chi connectivity index (χ1) is 18.3. The number of carbonyl (C=O) groups excluding carboxylic acids is 1. The van der Waals surface area contributed by atoms with Crippen molar-refractivity contribution in [2.24, 2.45) is 11.8 Å². The third kappa shape index (κ3) is 6.04. The van der Waals surface area contributed by atoms with Crippen molar-refractivity contribution in [3.63, 3.8) is 0 Å². The molecule has 7 nitrogen and oxygen atoms in total. The molecule has 1 amide bonds. The largest absolute Gasteiger partial charge is 0.497 e. The molecule has 1 aliphatic carbocycles. The molecule has 0 spiro atoms. The molecule has 1 aromatic heterocycles. The van der Waals surface area contributed by atoms with Crippen LogP contribution < -0.4 is 15.4 Å². The molecular formula is C31H40N4O3. The third-order valence-corrected chi connectivity index (χ3v) is 7.69. The second kappa shape index (κ2) is 11.2. The van der Waals surface area contributed by atoms with Gasteiger partial charge in [0.25, 0.3) is 0 Å². The Morgan fingerprint density at radius 1 is 1.05 bits per heavy atom. The van der Waals surface area contributed by atoms with Gasteiger partial charge in [0.2, 0.25) is 0 Å². The molecule has 5 rings (SSSR count). The van der Waals surface area contributed by atoms with Gasteiger partial charge in [-0.05, 0) is 94.8 Å². The highest BCUT2D eigenvalue weighted by molar-refractivity contribution is 5.93. The van der Waals surface area contributed by atoms with Gasteiger partial charge in [-0.3, -0.25) is 0 Å². The molecule has 3 aromatic rings. The Hall–Kier alpha value is -3.32. The number of hydrogen-bond acceptors (Lipinski definition) is 6. The minimum Gasteiger partial charge on any atom is -0.497 e. The zero-order valence-corrected chi connectivity index (χ0v) is 23.0. The monoisotopic (exact) mass is 516 g/mol. The number of para-hydroxylation sites is 1. The van der Waals surface area contributed by atoms with E-state index in [1.807, 2.05) is 56.0 Å². The summed E-state index contributed by atoms with van der Waals surface area (Å²) < 4.78 is 10.9. The average Bonchev–Trinajstić information content (AvgIpc) is 3.49. The van der Waals surface area contributed by atoms with Crippen molar-refractivity contribution in [2.75, 3.05) is 38.6 Å². The highest BCUT2D eigenvalue weighted by Crippen LogP contribution is 2.38. The Balaban J connectivity index is 1.15. The first-order valence-electron chi connectivity index (χ1n) is 13.8. The van der Waals surface area contributed by atoms with E-state index in [2.05, 4.69) is 34.9 Å². The zero-order chi connectivity index (χ0) is 26.7. The van der Waals surface area contributed by atoms with Gasteiger partial charge < -0.3 is 25.0 Å². The summed E-state index contributed by atoms with van der Waals surface area (Å²) in [7, 11) is 1.68. The number of nitrogens with one attached hydrogen (secondary N) is 2. The Kier molecular flexibility index (Phi) is 7.75. The van der Waals surface area contributed by atoms with Gasteiger partial charge in [0.15, 0.2) is 0 Å². The smallest absolute Gasteiger partial charge is 0.410 e. The van der Waals surface area contributed by atoms with Crippen molar-refractivity contribution in [1.82, 2.24) is 15.2 Å². The Morgan fingerprint density at radius 2 is 1.84 bits per heavy atom. The van der Waals surface area contributed by atoms with E-state index in [0.717, 1.165) is 66.2 Å². The summed E-state index contributed by atoms with van der Waals surface area (Å²) in [5.41, 5.74) is 3.64. The number of anilines is 1. The fourth-order valence-corrected chi connectivity index (χ4v) is 5.82. The molecular weight excluding hydrogens is 476 g/mol. The van der Waals surface area contributed by atoms with Gasteiger partial charge in [-0.2, -0.15) is 0 Å². The summed E-state index contributed by atoms with van der Waals surface area (Å²) in [5.74, 6) is 1.94. The highest BCUT2D eigenvalue weighted by atomic mass is 16.6. The van der Waals surface area contributed by atoms with E-state index in [9.17, 15) is 4.79 Å². The van der Waals surface area contributed by atoms with E-state index in [4.69, 9.17) is 14.5 Å². The summed E-state index contributed by atoms with van der Waals surface area (Å²) in [6.07, 6.45) is 3.20. The van der Waals surface area contributed by atoms with Crippen LogP contribution in [0.25, 0.3) is 22.2 Å². The molecule has 2 aliphatic rings. The van der Waals surface area contributed by atoms with Gasteiger partial charge in [-0.1, -0.05) is 18.2 Å². The lowest BCUT2D eigenvalue weighted by Crippen LogP contribution is -2.39. The number of nitrogens with zero attached hydrogens (tertiary/aromatic N) is 2. The molecule has 3 unspecified atom stereocenters. The topological polar surface area (TPSA) is 75.7 Å². The van der Waals surface area contributed by atoms with Gasteiger partial charge in [0.1, 0.15) is 11.4 Å². The van der Waals surface area contributed by atoms with E-state index < -0.39 is 5.60 Å². The average molecular weight is 517 g/mol. The Bertz CT molecular complexity index is 1250. The van der Waals surface area contributed by atoms with Crippen molar-refractivity contribution in [1.29, 1.82) is 0 Å². The number of methoxy groups -OCH3 is 1. The number of amides is 1. The molecule has 2 aromatic carbocycles. The van der Waals surface area contributed by atoms with Crippen LogP contribution in [0.1, 0.15) is 40.0 Å². The summed E-state index contributed by atoms with van der Waals surface area (Å²) in [4.78, 5) is 19.3. The number of benzene rings is 2. The van der Waals surface area contributed by atoms with Crippen LogP contribution in [0.2, 0.25) is 0 Å². The van der Waals surface area contributed by atoms with Crippen molar-refractivity contribution in [2.45, 2.75) is 51.7 Å². The van der Waals surface area contributed by atoms with Crippen LogP contribution in [0, 0.1) is 11.8 Å². The maximum Gasteiger partial charge on any atom is 0.410 e. The Labute approximate surface area is 225 Å². The van der Waals surface area contributed by atoms with Crippen molar-refractivity contribution in [3.8, 4) is 17.0 Å². The van der Waals surface area contributed by atoms with Gasteiger partial charge in [0, 0.05) is 42.3 Å². The molecule has 1 saturated carbocycles. The molecule has 7 heteroatoms. The lowest BCUT2D eigenvalue weighted by molar-refractivity contribution is 0.0278. The van der Waals surface area contributed by atoms with Crippen LogP contribution in [0.3, 0.4) is 0 Å². The molecule has 3 atom stereocenters. The minimum atomic E-state index is -0.449. The number of ether oxygens (including phenoxy) is 2. The Morgan fingerprint density at radius 3 is 2.61 bits per heavy atom. The predicted octanol–water partition coefficient (Wildman–Crippen LogP) is 5.95. The fourth-order valence-electron chi connectivity index (χ4n) is 5.82. The minimum absolute atomic E-state index is 0.173. The number of aromatic nitrogens is 1. The molecule has 0 radical (unpaired) electrons. The van der Waals surface area contributed by atoms with Crippen LogP contribution in [0.4, 0.5) is 10.5 Å². The van der Waals surface area contributed by atoms with E-state index in [1.54, 1.807) is 7.11 Å². The van der Waals surface area contributed by atoms with Crippen molar-refractivity contribution in [3.05, 3.63) is 54.6 Å². The predicted molar refractivity (Wildman–Crippen MR) is 153 cm³/mol. The summed E-state index contributed by atoms with van der Waals surface area (Å²) in [5, 5.41) is 8.58. The molecule has 0 bridgehead atoms. The van der Waals surface area contributed by atoms with E-state index in [0.29, 0.717) is 17.9 Å². The van der Waals surface area contributed by atoms with Gasteiger partial charge in [-0.15, -0.1) is 0 Å². The van der Waals surface area contributed by atoms with Gasteiger partial charge in [0.05, 0.1) is 18.3 Å². The van der Waals surface area contributed by atoms with E-state index in [1.165, 1.54) is 12.8 Å². The first-order valence-corrected chi connectivity index (χ1v) is 13.8. The van der Waals surface area contributed by atoms with Crippen molar-refractivity contribution >= 4 is 22.7 Å². The SMILES string of the molecule is COc1ccc(-c2cc(NCCCNC3CCC4CN(C(=O)OC(C)(C)C)CC43)c3ccccc3n2)cc1. The number of rotatable bonds is 8. The lowest BCUT2D eigenvalue weighted by Gasteiger charge is -2.26. The van der Waals surface area contributed by atoms with E-state index in [-0.39, 0.29) is 6.09 Å². The number of pyridine rings is 1. The second-order valence-corrected chi connectivity index (χ2v) is 11.5. The standard InChI is InChI=1S/C31H40N4O3/c1-31(2,3)38-30(36)35-19-22-12-15-26(25(22)20-35)32-16-7-17-33-29-18-28(21-10-13-23(37-4)14-11-21)34-27-9-6-5-8-24(27)29/h5-6,8-11,13-14,18,22,25-26,32H,7,12,15-17,19-20H2,1-4H3,(H,33,34). The van der Waals surface area contributed by atoms with Crippen LogP contribution in [-0.4, -0.2) is 60.9 Å². The van der Waals surface area contributed by atoms with Crippen LogP contribution in [-0.2, 0) is 4.74 Å². The third-order valence-electron chi connectivity index (χ3n) is 7.69. The molecule has 2 fully saturated rings. The molecule has 38 heavy (non-hydrogen) atoms. The maximum atomic E-state index is 12.5. The van der Waals surface area contributed by atoms with E-state index >= 15 is 0 Å². The summed E-state index contributed by atoms with van der Waals surface area (Å²) in [6, 6.07) is 18.9. The normalized spacial score (nSPS) is 20.9. The molecule has 2 heterocycles. The molecule has 1 saturated heterocycles. The first kappa shape index (κ1) is 26.3. The van der Waals surface area contributed by atoms with Gasteiger partial charge in [-0.25, -0.2) is 9.78 Å². The second-order valence-electron chi connectivity index (χ2n) is 11.5. The molecule has 1 aliphatic heterocycles. The van der Waals surface area contributed by atoms with Gasteiger partial charge >= 0.3 is 6.09 Å². The quantitative estimate of drug-likeness (QED) is 0.361. The number of carbonyl (C=O) groups is 1. The zero-order valence-electron chi connectivity index (χ0n) is 23.0. The van der Waals surface area contributed by atoms with Crippen LogP contribution in [0.15, 0.2) is 54.6 Å². The molecule has 2 N–H and O–H groups in total. The highest BCUT2D eigenvalue weighted by Gasteiger charge is 2.44. The van der Waals surface area contributed by atoms with Crippen molar-refractivity contribution < 1.29 is 14.3 Å². The molecule has 202 valence electrons. The van der Waals surface area contributed by atoms with Crippen LogP contribution >= 0.6 is 0 Å². The van der Waals surface area contributed by atoms with Crippen LogP contribution in [0.5, 0.6) is 5.75 Å². The lowest BCUT2D eigenvalue weighted by atomic mass is 9.98. The number of hydrogen-bond donors (Lipinski definition) is 2. The fraction of sp³-hybridized carbons (Fsp3) is 0.484. The number of fused-ring (bicyclic) bond motifs is 2.